The number of benzene rings is 1. The Labute approximate surface area is 81.8 Å². The van der Waals surface area contributed by atoms with Crippen LogP contribution in [-0.4, -0.2) is 20.0 Å². The molecule has 1 aromatic carbocycles. The molecule has 0 saturated carbocycles. The van der Waals surface area contributed by atoms with E-state index in [-0.39, 0.29) is 13.5 Å². The highest BCUT2D eigenvalue weighted by atomic mass is 19.1. The van der Waals surface area contributed by atoms with E-state index < -0.39 is 0 Å². The topological polar surface area (TPSA) is 30.5 Å². The molecule has 76 valence electrons. The monoisotopic (exact) mass is 197 g/mol. The van der Waals surface area contributed by atoms with Gasteiger partial charge in [-0.1, -0.05) is 6.07 Å². The van der Waals surface area contributed by atoms with Crippen molar-refractivity contribution in [1.29, 1.82) is 0 Å². The fourth-order valence-corrected chi connectivity index (χ4v) is 1.35. The second-order valence-corrected chi connectivity index (χ2v) is 3.05. The molecule has 3 nitrogen and oxygen atoms in total. The van der Waals surface area contributed by atoms with Crippen LogP contribution in [-0.2, 0) is 6.54 Å². The maximum Gasteiger partial charge on any atom is 0.231 e. The average Bonchev–Trinajstić information content (AvgIpc) is 2.65. The van der Waals surface area contributed by atoms with Crippen LogP contribution in [0.3, 0.4) is 0 Å². The van der Waals surface area contributed by atoms with Crippen molar-refractivity contribution in [3.8, 4) is 11.5 Å². The van der Waals surface area contributed by atoms with Crippen molar-refractivity contribution >= 4 is 0 Å². The van der Waals surface area contributed by atoms with Gasteiger partial charge in [0.15, 0.2) is 11.5 Å². The van der Waals surface area contributed by atoms with E-state index in [1.807, 2.05) is 18.2 Å². The molecule has 0 radical (unpaired) electrons. The maximum absolute atomic E-state index is 11.8. The van der Waals surface area contributed by atoms with Crippen LogP contribution in [0.4, 0.5) is 4.39 Å². The smallest absolute Gasteiger partial charge is 0.231 e. The van der Waals surface area contributed by atoms with Gasteiger partial charge in [-0.15, -0.1) is 0 Å². The zero-order valence-electron chi connectivity index (χ0n) is 7.75. The van der Waals surface area contributed by atoms with Gasteiger partial charge in [-0.3, -0.25) is 0 Å². The summed E-state index contributed by atoms with van der Waals surface area (Å²) in [7, 11) is 0. The van der Waals surface area contributed by atoms with E-state index in [0.717, 1.165) is 17.1 Å². The molecule has 14 heavy (non-hydrogen) atoms. The second-order valence-electron chi connectivity index (χ2n) is 3.05. The van der Waals surface area contributed by atoms with Crippen LogP contribution in [0.15, 0.2) is 18.2 Å². The SMILES string of the molecule is FCCNCc1ccc2c(c1)OCO2. The highest BCUT2D eigenvalue weighted by Gasteiger charge is 2.12. The van der Waals surface area contributed by atoms with Gasteiger partial charge in [0.05, 0.1) is 0 Å². The van der Waals surface area contributed by atoms with Crippen LogP contribution in [0.1, 0.15) is 5.56 Å². The highest BCUT2D eigenvalue weighted by molar-refractivity contribution is 5.44. The summed E-state index contributed by atoms with van der Waals surface area (Å²) in [5, 5.41) is 2.97. The van der Waals surface area contributed by atoms with Crippen LogP contribution < -0.4 is 14.8 Å². The molecule has 1 heterocycles. The van der Waals surface area contributed by atoms with Crippen molar-refractivity contribution in [2.45, 2.75) is 6.54 Å². The Morgan fingerprint density at radius 3 is 3.00 bits per heavy atom. The Kier molecular flexibility index (Phi) is 2.84. The number of hydrogen-bond acceptors (Lipinski definition) is 3. The lowest BCUT2D eigenvalue weighted by molar-refractivity contribution is 0.174. The van der Waals surface area contributed by atoms with Crippen molar-refractivity contribution in [3.63, 3.8) is 0 Å². The molecule has 0 spiro atoms. The molecule has 1 aliphatic heterocycles. The molecule has 0 bridgehead atoms. The first-order chi connectivity index (χ1) is 6.90. The summed E-state index contributed by atoms with van der Waals surface area (Å²) in [6, 6.07) is 5.72. The molecule has 1 aromatic rings. The number of nitrogens with one attached hydrogen (secondary N) is 1. The van der Waals surface area contributed by atoms with E-state index in [1.165, 1.54) is 0 Å². The molecular weight excluding hydrogens is 185 g/mol. The summed E-state index contributed by atoms with van der Waals surface area (Å²) in [4.78, 5) is 0. The molecule has 0 atom stereocenters. The first-order valence-electron chi connectivity index (χ1n) is 4.55. The molecular formula is C10H12FNO2. The van der Waals surface area contributed by atoms with Gasteiger partial charge in [-0.25, -0.2) is 4.39 Å². The Morgan fingerprint density at radius 1 is 1.29 bits per heavy atom. The minimum absolute atomic E-state index is 0.288. The first-order valence-corrected chi connectivity index (χ1v) is 4.55. The zero-order chi connectivity index (χ0) is 9.80. The number of ether oxygens (including phenoxy) is 2. The predicted octanol–water partition coefficient (Wildman–Crippen LogP) is 1.47. The van der Waals surface area contributed by atoms with Crippen molar-refractivity contribution in [1.82, 2.24) is 5.32 Å². The van der Waals surface area contributed by atoms with Gasteiger partial charge in [0.2, 0.25) is 6.79 Å². The van der Waals surface area contributed by atoms with Crippen LogP contribution in [0.25, 0.3) is 0 Å². The normalized spacial score (nSPS) is 13.2. The van der Waals surface area contributed by atoms with Crippen molar-refractivity contribution in [2.24, 2.45) is 0 Å². The van der Waals surface area contributed by atoms with Crippen molar-refractivity contribution < 1.29 is 13.9 Å². The third-order valence-electron chi connectivity index (χ3n) is 2.04. The minimum Gasteiger partial charge on any atom is -0.454 e. The molecule has 0 amide bonds. The minimum atomic E-state index is -0.343. The number of alkyl halides is 1. The largest absolute Gasteiger partial charge is 0.454 e. The molecule has 0 aliphatic carbocycles. The van der Waals surface area contributed by atoms with E-state index in [4.69, 9.17) is 9.47 Å². The van der Waals surface area contributed by atoms with Gasteiger partial charge >= 0.3 is 0 Å². The lowest BCUT2D eigenvalue weighted by atomic mass is 10.2. The summed E-state index contributed by atoms with van der Waals surface area (Å²) in [5.74, 6) is 1.55. The average molecular weight is 197 g/mol. The predicted molar refractivity (Wildman–Crippen MR) is 50.2 cm³/mol. The fourth-order valence-electron chi connectivity index (χ4n) is 1.35. The molecule has 2 rings (SSSR count). The zero-order valence-corrected chi connectivity index (χ0v) is 7.75. The summed E-state index contributed by atoms with van der Waals surface area (Å²) < 4.78 is 22.2. The molecule has 0 aromatic heterocycles. The van der Waals surface area contributed by atoms with Crippen LogP contribution in [0, 0.1) is 0 Å². The molecule has 1 aliphatic rings. The van der Waals surface area contributed by atoms with Gasteiger partial charge in [-0.05, 0) is 17.7 Å². The third-order valence-corrected chi connectivity index (χ3v) is 2.04. The summed E-state index contributed by atoms with van der Waals surface area (Å²) in [6.45, 7) is 0.982. The number of halogens is 1. The quantitative estimate of drug-likeness (QED) is 0.741. The van der Waals surface area contributed by atoms with Crippen LogP contribution in [0.2, 0.25) is 0 Å². The van der Waals surface area contributed by atoms with E-state index in [0.29, 0.717) is 13.1 Å². The van der Waals surface area contributed by atoms with Gasteiger partial charge in [0.25, 0.3) is 0 Å². The van der Waals surface area contributed by atoms with E-state index >= 15 is 0 Å². The molecule has 0 saturated heterocycles. The molecule has 0 fully saturated rings. The van der Waals surface area contributed by atoms with E-state index in [2.05, 4.69) is 5.32 Å². The molecule has 4 heteroatoms. The summed E-state index contributed by atoms with van der Waals surface area (Å²) in [5.41, 5.74) is 1.07. The Hall–Kier alpha value is -1.29. The fraction of sp³-hybridized carbons (Fsp3) is 0.400. The number of fused-ring (bicyclic) bond motifs is 1. The standard InChI is InChI=1S/C10H12FNO2/c11-3-4-12-6-8-1-2-9-10(5-8)14-7-13-9/h1-2,5,12H,3-4,6-7H2. The first kappa shape index (κ1) is 9.27. The third kappa shape index (κ3) is 1.96. The highest BCUT2D eigenvalue weighted by Crippen LogP contribution is 2.32. The van der Waals surface area contributed by atoms with E-state index in [1.54, 1.807) is 0 Å². The maximum atomic E-state index is 11.8. The lowest BCUT2D eigenvalue weighted by Crippen LogP contribution is -2.15. The summed E-state index contributed by atoms with van der Waals surface area (Å²) in [6.07, 6.45) is 0. The Morgan fingerprint density at radius 2 is 2.14 bits per heavy atom. The number of hydrogen-bond donors (Lipinski definition) is 1. The summed E-state index contributed by atoms with van der Waals surface area (Å²) >= 11 is 0. The van der Waals surface area contributed by atoms with E-state index in [9.17, 15) is 4.39 Å². The van der Waals surface area contributed by atoms with Gasteiger partial charge in [0, 0.05) is 13.1 Å². The van der Waals surface area contributed by atoms with Gasteiger partial charge in [-0.2, -0.15) is 0 Å². The lowest BCUT2D eigenvalue weighted by Gasteiger charge is -2.03. The Balaban J connectivity index is 1.98. The van der Waals surface area contributed by atoms with Gasteiger partial charge < -0.3 is 14.8 Å². The molecule has 1 N–H and O–H groups in total. The van der Waals surface area contributed by atoms with Crippen LogP contribution >= 0.6 is 0 Å². The Bertz CT molecular complexity index is 317. The second kappa shape index (κ2) is 4.28. The van der Waals surface area contributed by atoms with Crippen molar-refractivity contribution in [3.05, 3.63) is 23.8 Å². The molecule has 0 unspecified atom stereocenters. The van der Waals surface area contributed by atoms with Gasteiger partial charge in [0.1, 0.15) is 6.67 Å². The number of rotatable bonds is 4. The van der Waals surface area contributed by atoms with Crippen molar-refractivity contribution in [2.75, 3.05) is 20.0 Å². The van der Waals surface area contributed by atoms with Crippen LogP contribution in [0.5, 0.6) is 11.5 Å².